The zero-order valence-corrected chi connectivity index (χ0v) is 7.64. The van der Waals surface area contributed by atoms with Crippen molar-refractivity contribution in [2.75, 3.05) is 0 Å². The third-order valence-electron chi connectivity index (χ3n) is 2.67. The van der Waals surface area contributed by atoms with Gasteiger partial charge in [0.25, 0.3) is 0 Å². The molecule has 2 rings (SSSR count). The number of halogens is 1. The number of carbonyl (C=O) groups is 1. The van der Waals surface area contributed by atoms with Crippen LogP contribution in [0.25, 0.3) is 0 Å². The van der Waals surface area contributed by atoms with Crippen LogP contribution in [0.3, 0.4) is 0 Å². The number of rotatable bonds is 3. The number of nitrogens with one attached hydrogen (secondary N) is 1. The number of amides is 1. The molecule has 0 heterocycles. The molecule has 0 aromatic rings. The Morgan fingerprint density at radius 3 is 1.92 bits per heavy atom. The molecule has 0 radical (unpaired) electrons. The predicted molar refractivity (Wildman–Crippen MR) is 46.1 cm³/mol. The van der Waals surface area contributed by atoms with Gasteiger partial charge in [0.1, 0.15) is 0 Å². The van der Waals surface area contributed by atoms with E-state index in [1.807, 2.05) is 0 Å². The summed E-state index contributed by atoms with van der Waals surface area (Å²) >= 11 is 0. The minimum absolute atomic E-state index is 0. The van der Waals surface area contributed by atoms with Crippen molar-refractivity contribution in [3.63, 3.8) is 0 Å². The summed E-state index contributed by atoms with van der Waals surface area (Å²) < 4.78 is 0. The molecular weight excluding hydrogens is 178 g/mol. The van der Waals surface area contributed by atoms with E-state index in [1.54, 1.807) is 5.48 Å². The summed E-state index contributed by atoms with van der Waals surface area (Å²) in [7, 11) is 0. The van der Waals surface area contributed by atoms with Crippen molar-refractivity contribution in [2.24, 2.45) is 17.8 Å². The van der Waals surface area contributed by atoms with Crippen molar-refractivity contribution in [1.82, 2.24) is 5.48 Å². The smallest absolute Gasteiger partial charge is 0.246 e. The van der Waals surface area contributed by atoms with Gasteiger partial charge in [0.05, 0.1) is 0 Å². The first-order chi connectivity index (χ1) is 5.33. The van der Waals surface area contributed by atoms with Gasteiger partial charge >= 0.3 is 0 Å². The highest BCUT2D eigenvalue weighted by atomic mass is 35.5. The number of hydrogen-bond acceptors (Lipinski definition) is 2. The summed E-state index contributed by atoms with van der Waals surface area (Å²) in [5.41, 5.74) is 1.77. The second-order valence-electron chi connectivity index (χ2n) is 3.68. The van der Waals surface area contributed by atoms with Crippen molar-refractivity contribution in [2.45, 2.75) is 25.7 Å². The monoisotopic (exact) mass is 191 g/mol. The van der Waals surface area contributed by atoms with E-state index in [0.29, 0.717) is 11.8 Å². The van der Waals surface area contributed by atoms with Gasteiger partial charge in [0.2, 0.25) is 5.91 Å². The van der Waals surface area contributed by atoms with Crippen LogP contribution in [0, 0.1) is 17.8 Å². The molecule has 70 valence electrons. The van der Waals surface area contributed by atoms with E-state index in [9.17, 15) is 4.79 Å². The fourth-order valence-electron chi connectivity index (χ4n) is 1.80. The highest BCUT2D eigenvalue weighted by Gasteiger charge is 2.45. The van der Waals surface area contributed by atoms with E-state index in [1.165, 1.54) is 25.7 Å². The lowest BCUT2D eigenvalue weighted by Crippen LogP contribution is -2.30. The Morgan fingerprint density at radius 2 is 1.67 bits per heavy atom. The van der Waals surface area contributed by atoms with Gasteiger partial charge < -0.3 is 0 Å². The zero-order valence-electron chi connectivity index (χ0n) is 6.82. The Bertz CT molecular complexity index is 166. The average Bonchev–Trinajstić information content (AvgIpc) is 2.81. The van der Waals surface area contributed by atoms with E-state index in [2.05, 4.69) is 0 Å². The van der Waals surface area contributed by atoms with Crippen molar-refractivity contribution in [3.05, 3.63) is 0 Å². The molecule has 1 amide bonds. The predicted octanol–water partition coefficient (Wildman–Crippen LogP) is 1.35. The third-order valence-corrected chi connectivity index (χ3v) is 2.67. The Labute approximate surface area is 77.9 Å². The maximum atomic E-state index is 11.1. The molecule has 0 aliphatic heterocycles. The highest BCUT2D eigenvalue weighted by molar-refractivity contribution is 5.85. The summed E-state index contributed by atoms with van der Waals surface area (Å²) in [5.74, 6) is 1.12. The Morgan fingerprint density at radius 1 is 1.25 bits per heavy atom. The van der Waals surface area contributed by atoms with Crippen molar-refractivity contribution >= 4 is 18.3 Å². The van der Waals surface area contributed by atoms with Gasteiger partial charge in [-0.2, -0.15) is 0 Å². The highest BCUT2D eigenvalue weighted by Crippen LogP contribution is 2.49. The van der Waals surface area contributed by atoms with Gasteiger partial charge in [-0.3, -0.25) is 10.0 Å². The molecule has 4 heteroatoms. The molecule has 0 bridgehead atoms. The van der Waals surface area contributed by atoms with E-state index in [0.717, 1.165) is 0 Å². The molecule has 2 fully saturated rings. The lowest BCUT2D eigenvalue weighted by Gasteiger charge is -2.11. The van der Waals surface area contributed by atoms with Gasteiger partial charge in [-0.15, -0.1) is 12.4 Å². The van der Waals surface area contributed by atoms with Crippen LogP contribution in [0.1, 0.15) is 25.7 Å². The zero-order chi connectivity index (χ0) is 7.84. The maximum Gasteiger partial charge on any atom is 0.246 e. The van der Waals surface area contributed by atoms with Crippen LogP contribution in [-0.2, 0) is 4.79 Å². The lowest BCUT2D eigenvalue weighted by molar-refractivity contribution is -0.134. The first-order valence-electron chi connectivity index (χ1n) is 4.27. The van der Waals surface area contributed by atoms with Crippen LogP contribution in [0.5, 0.6) is 0 Å². The lowest BCUT2D eigenvalue weighted by atomic mass is 9.97. The van der Waals surface area contributed by atoms with Crippen LogP contribution >= 0.6 is 12.4 Å². The van der Waals surface area contributed by atoms with Crippen LogP contribution < -0.4 is 5.48 Å². The molecule has 2 aliphatic rings. The largest absolute Gasteiger partial charge is 0.289 e. The molecule has 0 unspecified atom stereocenters. The average molecular weight is 192 g/mol. The van der Waals surface area contributed by atoms with E-state index in [4.69, 9.17) is 5.21 Å². The molecule has 12 heavy (non-hydrogen) atoms. The normalized spacial score (nSPS) is 21.8. The summed E-state index contributed by atoms with van der Waals surface area (Å²) in [6, 6.07) is 0. The van der Waals surface area contributed by atoms with Crippen molar-refractivity contribution < 1.29 is 10.0 Å². The molecule has 3 nitrogen and oxygen atoms in total. The standard InChI is InChI=1S/C8H13NO2.ClH/c10-8(9-11)7(5-1-2-5)6-3-4-6;/h5-7,11H,1-4H2,(H,9,10);1H. The molecule has 2 saturated carbocycles. The van der Waals surface area contributed by atoms with Gasteiger partial charge in [-0.25, -0.2) is 5.48 Å². The third kappa shape index (κ3) is 1.90. The van der Waals surface area contributed by atoms with E-state index >= 15 is 0 Å². The van der Waals surface area contributed by atoms with Gasteiger partial charge in [-0.1, -0.05) is 0 Å². The molecule has 2 N–H and O–H groups in total. The van der Waals surface area contributed by atoms with E-state index < -0.39 is 0 Å². The van der Waals surface area contributed by atoms with E-state index in [-0.39, 0.29) is 24.2 Å². The second-order valence-corrected chi connectivity index (χ2v) is 3.68. The van der Waals surface area contributed by atoms with Crippen LogP contribution in [0.15, 0.2) is 0 Å². The molecule has 0 spiro atoms. The quantitative estimate of drug-likeness (QED) is 0.523. The van der Waals surface area contributed by atoms with Crippen molar-refractivity contribution in [1.29, 1.82) is 0 Å². The topological polar surface area (TPSA) is 49.3 Å². The summed E-state index contributed by atoms with van der Waals surface area (Å²) in [6.45, 7) is 0. The van der Waals surface area contributed by atoms with Crippen LogP contribution in [0.4, 0.5) is 0 Å². The number of carbonyl (C=O) groups excluding carboxylic acids is 1. The molecule has 0 atom stereocenters. The summed E-state index contributed by atoms with van der Waals surface area (Å²) in [5, 5.41) is 8.46. The second kappa shape index (κ2) is 3.62. The Balaban J connectivity index is 0.000000720. The van der Waals surface area contributed by atoms with Gasteiger partial charge in [0.15, 0.2) is 0 Å². The fourth-order valence-corrected chi connectivity index (χ4v) is 1.80. The SMILES string of the molecule is Cl.O=C(NO)C(C1CC1)C1CC1. The summed E-state index contributed by atoms with van der Waals surface area (Å²) in [4.78, 5) is 11.1. The molecule has 0 aromatic carbocycles. The first kappa shape index (κ1) is 9.81. The maximum absolute atomic E-state index is 11.1. The minimum Gasteiger partial charge on any atom is -0.289 e. The molecule has 2 aliphatic carbocycles. The number of hydrogen-bond donors (Lipinski definition) is 2. The van der Waals surface area contributed by atoms with Crippen LogP contribution in [0.2, 0.25) is 0 Å². The summed E-state index contributed by atoms with van der Waals surface area (Å²) in [6.07, 6.45) is 4.70. The Kier molecular flexibility index (Phi) is 2.96. The van der Waals surface area contributed by atoms with Crippen LogP contribution in [-0.4, -0.2) is 11.1 Å². The molecule has 0 saturated heterocycles. The van der Waals surface area contributed by atoms with Gasteiger partial charge in [0, 0.05) is 5.92 Å². The number of hydroxylamine groups is 1. The minimum atomic E-state index is -0.157. The first-order valence-corrected chi connectivity index (χ1v) is 4.27. The van der Waals surface area contributed by atoms with Crippen molar-refractivity contribution in [3.8, 4) is 0 Å². The Hall–Kier alpha value is -0.280. The fraction of sp³-hybridized carbons (Fsp3) is 0.875. The molecule has 0 aromatic heterocycles. The molecular formula is C8H14ClNO2. The van der Waals surface area contributed by atoms with Gasteiger partial charge in [-0.05, 0) is 37.5 Å².